The number of unbranched alkanes of at least 4 members (excludes halogenated alkanes) is 24. The van der Waals surface area contributed by atoms with Crippen molar-refractivity contribution in [3.05, 3.63) is 0 Å². The van der Waals surface area contributed by atoms with Crippen molar-refractivity contribution in [2.24, 2.45) is 5.73 Å². The molecule has 7 nitrogen and oxygen atoms in total. The van der Waals surface area contributed by atoms with Crippen LogP contribution in [0.4, 0.5) is 0 Å². The summed E-state index contributed by atoms with van der Waals surface area (Å²) in [5, 5.41) is 0. The van der Waals surface area contributed by atoms with E-state index in [-0.39, 0.29) is 12.8 Å². The fourth-order valence-electron chi connectivity index (χ4n) is 5.74. The Bertz CT molecular complexity index is 654. The van der Waals surface area contributed by atoms with Gasteiger partial charge in [0.25, 0.3) is 0 Å². The predicted octanol–water partition coefficient (Wildman–Crippen LogP) is 9.89. The second-order valence-electron chi connectivity index (χ2n) is 12.4. The van der Waals surface area contributed by atoms with E-state index in [9.17, 15) is 23.9 Å². The molecule has 4 N–H and O–H groups in total. The van der Waals surface area contributed by atoms with E-state index in [1.54, 1.807) is 0 Å². The van der Waals surface area contributed by atoms with Gasteiger partial charge in [0.2, 0.25) is 5.60 Å². The minimum atomic E-state index is -5.08. The number of ketones is 2. The molecule has 0 bridgehead atoms. The Balaban J connectivity index is 4.26. The summed E-state index contributed by atoms with van der Waals surface area (Å²) in [6.45, 7) is 3.93. The fourth-order valence-corrected chi connectivity index (χ4v) is 6.42. The van der Waals surface area contributed by atoms with Crippen molar-refractivity contribution in [2.45, 2.75) is 199 Å². The van der Waals surface area contributed by atoms with Gasteiger partial charge in [-0.1, -0.05) is 168 Å². The molecule has 42 heavy (non-hydrogen) atoms. The molecule has 0 saturated carbocycles. The van der Waals surface area contributed by atoms with Crippen LogP contribution in [-0.2, 0) is 18.7 Å². The molecule has 0 amide bonds. The van der Waals surface area contributed by atoms with E-state index in [0.717, 1.165) is 38.5 Å². The summed E-state index contributed by atoms with van der Waals surface area (Å²) in [5.74, 6) is -1.20. The molecule has 0 spiro atoms. The molecular formula is C34H68NO6P. The van der Waals surface area contributed by atoms with Crippen LogP contribution in [0.2, 0.25) is 0 Å². The number of nitrogens with two attached hydrogens (primary N) is 1. The van der Waals surface area contributed by atoms with E-state index in [1.807, 2.05) is 0 Å². The molecule has 0 aliphatic carbocycles. The molecule has 0 fully saturated rings. The highest BCUT2D eigenvalue weighted by Gasteiger charge is 2.48. The van der Waals surface area contributed by atoms with Crippen molar-refractivity contribution < 1.29 is 28.5 Å². The lowest BCUT2D eigenvalue weighted by Crippen LogP contribution is -2.54. The Morgan fingerprint density at radius 2 is 0.762 bits per heavy atom. The van der Waals surface area contributed by atoms with Crippen LogP contribution in [0.3, 0.4) is 0 Å². The number of carbonyl (C=O) groups is 2. The van der Waals surface area contributed by atoms with Crippen LogP contribution in [0.15, 0.2) is 0 Å². The summed E-state index contributed by atoms with van der Waals surface area (Å²) in [6.07, 6.45) is 30.5. The van der Waals surface area contributed by atoms with Crippen LogP contribution in [0.25, 0.3) is 0 Å². The number of phosphoric acid groups is 1. The van der Waals surface area contributed by atoms with Gasteiger partial charge in [-0.2, -0.15) is 0 Å². The van der Waals surface area contributed by atoms with Crippen molar-refractivity contribution >= 4 is 19.4 Å². The lowest BCUT2D eigenvalue weighted by Gasteiger charge is -2.29. The second kappa shape index (κ2) is 27.9. The Morgan fingerprint density at radius 1 is 0.524 bits per heavy atom. The smallest absolute Gasteiger partial charge is 0.327 e. The number of hydrogen-bond donors (Lipinski definition) is 3. The standard InChI is InChI=1S/C34H68NO6P/c1-3-5-7-9-11-13-15-17-19-21-23-25-27-29-32(36)34(31-35,41-42(38,39)40)33(37)30-28-26-24-22-20-18-16-14-12-10-8-6-4-2/h3-31,35H2,1-2H3,(H2,38,39,40). The highest BCUT2D eigenvalue weighted by molar-refractivity contribution is 7.46. The van der Waals surface area contributed by atoms with Crippen molar-refractivity contribution in [1.82, 2.24) is 0 Å². The van der Waals surface area contributed by atoms with E-state index in [1.165, 1.54) is 116 Å². The van der Waals surface area contributed by atoms with Gasteiger partial charge in [0.15, 0.2) is 11.6 Å². The molecule has 0 saturated heterocycles. The van der Waals surface area contributed by atoms with Crippen molar-refractivity contribution in [2.75, 3.05) is 6.54 Å². The summed E-state index contributed by atoms with van der Waals surface area (Å²) in [6, 6.07) is 0. The Hall–Kier alpha value is -0.590. The van der Waals surface area contributed by atoms with E-state index in [0.29, 0.717) is 12.8 Å². The minimum Gasteiger partial charge on any atom is -0.327 e. The zero-order chi connectivity index (χ0) is 31.4. The van der Waals surface area contributed by atoms with E-state index in [4.69, 9.17) is 10.3 Å². The van der Waals surface area contributed by atoms with E-state index in [2.05, 4.69) is 13.8 Å². The Kier molecular flexibility index (Phi) is 27.5. The van der Waals surface area contributed by atoms with Crippen LogP contribution in [0.5, 0.6) is 0 Å². The number of Topliss-reactive ketones (excluding diaryl/α,β-unsaturated/α-hetero) is 2. The molecule has 250 valence electrons. The van der Waals surface area contributed by atoms with E-state index >= 15 is 0 Å². The van der Waals surface area contributed by atoms with Crippen molar-refractivity contribution in [3.8, 4) is 0 Å². The van der Waals surface area contributed by atoms with Gasteiger partial charge in [0.1, 0.15) is 0 Å². The second-order valence-corrected chi connectivity index (χ2v) is 13.6. The normalized spacial score (nSPS) is 12.2. The van der Waals surface area contributed by atoms with Gasteiger partial charge in [0.05, 0.1) is 0 Å². The first-order valence-electron chi connectivity index (χ1n) is 17.8. The zero-order valence-electron chi connectivity index (χ0n) is 27.6. The summed E-state index contributed by atoms with van der Waals surface area (Å²) >= 11 is 0. The molecule has 0 aromatic carbocycles. The topological polar surface area (TPSA) is 127 Å². The summed E-state index contributed by atoms with van der Waals surface area (Å²) in [4.78, 5) is 45.1. The highest BCUT2D eigenvalue weighted by Crippen LogP contribution is 2.43. The minimum absolute atomic E-state index is 0.0410. The number of carbonyl (C=O) groups excluding carboxylic acids is 2. The molecule has 0 unspecified atom stereocenters. The average molecular weight is 618 g/mol. The van der Waals surface area contributed by atoms with E-state index < -0.39 is 31.5 Å². The fraction of sp³-hybridized carbons (Fsp3) is 0.941. The van der Waals surface area contributed by atoms with Crippen LogP contribution in [0, 0.1) is 0 Å². The zero-order valence-corrected chi connectivity index (χ0v) is 28.5. The first-order chi connectivity index (χ1) is 20.2. The molecule has 0 heterocycles. The number of phosphoric ester groups is 1. The maximum absolute atomic E-state index is 13.1. The molecule has 0 aromatic heterocycles. The maximum atomic E-state index is 13.1. The van der Waals surface area contributed by atoms with Crippen molar-refractivity contribution in [1.29, 1.82) is 0 Å². The lowest BCUT2D eigenvalue weighted by molar-refractivity contribution is -0.148. The van der Waals surface area contributed by atoms with Crippen LogP contribution < -0.4 is 5.73 Å². The Labute approximate surface area is 259 Å². The third-order valence-corrected chi connectivity index (χ3v) is 9.03. The van der Waals surface area contributed by atoms with Gasteiger partial charge in [0, 0.05) is 19.4 Å². The molecule has 0 aliphatic rings. The number of hydrogen-bond acceptors (Lipinski definition) is 5. The molecule has 8 heteroatoms. The van der Waals surface area contributed by atoms with Crippen LogP contribution in [0.1, 0.15) is 194 Å². The maximum Gasteiger partial charge on any atom is 0.471 e. The first-order valence-corrected chi connectivity index (χ1v) is 19.3. The SMILES string of the molecule is CCCCCCCCCCCCCCCC(=O)C(CN)(OP(=O)(O)O)C(=O)CCCCCCCCCCCCCCC. The summed E-state index contributed by atoms with van der Waals surface area (Å²) in [5.41, 5.74) is 3.55. The molecule has 0 rings (SSSR count). The van der Waals surface area contributed by atoms with Gasteiger partial charge in [-0.05, 0) is 12.8 Å². The van der Waals surface area contributed by atoms with Crippen LogP contribution in [-0.4, -0.2) is 33.5 Å². The van der Waals surface area contributed by atoms with Gasteiger partial charge in [-0.15, -0.1) is 0 Å². The van der Waals surface area contributed by atoms with Crippen LogP contribution >= 0.6 is 7.82 Å². The highest BCUT2D eigenvalue weighted by atomic mass is 31.2. The third-order valence-electron chi connectivity index (χ3n) is 8.48. The number of rotatable bonds is 33. The average Bonchev–Trinajstić information content (AvgIpc) is 2.95. The van der Waals surface area contributed by atoms with Gasteiger partial charge in [-0.25, -0.2) is 4.57 Å². The predicted molar refractivity (Wildman–Crippen MR) is 176 cm³/mol. The van der Waals surface area contributed by atoms with Gasteiger partial charge < -0.3 is 15.5 Å². The summed E-state index contributed by atoms with van der Waals surface area (Å²) in [7, 11) is -5.08. The van der Waals surface area contributed by atoms with Crippen molar-refractivity contribution in [3.63, 3.8) is 0 Å². The largest absolute Gasteiger partial charge is 0.471 e. The molecule has 0 aliphatic heterocycles. The summed E-state index contributed by atoms with van der Waals surface area (Å²) < 4.78 is 16.6. The molecule has 0 atom stereocenters. The monoisotopic (exact) mass is 617 g/mol. The molecule has 0 radical (unpaired) electrons. The third kappa shape index (κ3) is 22.9. The Morgan fingerprint density at radius 3 is 0.976 bits per heavy atom. The van der Waals surface area contributed by atoms with Gasteiger partial charge >= 0.3 is 7.82 Å². The van der Waals surface area contributed by atoms with Gasteiger partial charge in [-0.3, -0.25) is 14.1 Å². The molecular weight excluding hydrogens is 549 g/mol. The molecule has 0 aromatic rings. The lowest BCUT2D eigenvalue weighted by atomic mass is 9.87. The quantitative estimate of drug-likeness (QED) is 0.0380. The first kappa shape index (κ1) is 41.4.